The summed E-state index contributed by atoms with van der Waals surface area (Å²) in [5.41, 5.74) is 8.10. The molecule has 0 unspecified atom stereocenters. The molecule has 0 saturated heterocycles. The maximum absolute atomic E-state index is 10.3. The number of hydrogen-bond donors (Lipinski definition) is 2. The van der Waals surface area contributed by atoms with Crippen molar-refractivity contribution in [2.24, 2.45) is 11.0 Å². The van der Waals surface area contributed by atoms with E-state index in [0.717, 1.165) is 12.8 Å². The molecule has 1 rings (SSSR count). The quantitative estimate of drug-likeness (QED) is 0.365. The first-order valence-electron chi connectivity index (χ1n) is 3.62. The Hall–Kier alpha value is -1.26. The Labute approximate surface area is 68.4 Å². The molecule has 1 aliphatic carbocycles. The summed E-state index contributed by atoms with van der Waals surface area (Å²) in [4.78, 5) is 12.8. The van der Waals surface area contributed by atoms with Crippen molar-refractivity contribution in [3.8, 4) is 0 Å². The zero-order chi connectivity index (χ0) is 9.14. The summed E-state index contributed by atoms with van der Waals surface area (Å²) in [6.45, 7) is 0. The van der Waals surface area contributed by atoms with E-state index >= 15 is 0 Å². The largest absolute Gasteiger partial charge is 0.479 e. The molecule has 0 aromatic carbocycles. The highest BCUT2D eigenvalue weighted by Gasteiger charge is 2.38. The first-order chi connectivity index (χ1) is 5.66. The van der Waals surface area contributed by atoms with Gasteiger partial charge in [0, 0.05) is 4.91 Å². The van der Waals surface area contributed by atoms with E-state index in [9.17, 15) is 4.79 Å². The zero-order valence-electron chi connectivity index (χ0n) is 6.29. The molecule has 12 heavy (non-hydrogen) atoms. The maximum atomic E-state index is 10.3. The standard InChI is InChI=1S/C6H9N3O3/c7-9-8-4(3-1-2-3)5(10)6(11)12/h3-5,10H,1-2H2,(H,11,12)/t4-,5-/m0/s1. The van der Waals surface area contributed by atoms with Gasteiger partial charge in [0.15, 0.2) is 6.10 Å². The predicted molar refractivity (Wildman–Crippen MR) is 39.3 cm³/mol. The predicted octanol–water partition coefficient (Wildman–Crippen LogP) is 0.521. The number of rotatable bonds is 4. The summed E-state index contributed by atoms with van der Waals surface area (Å²) < 4.78 is 0. The van der Waals surface area contributed by atoms with Gasteiger partial charge in [0.25, 0.3) is 0 Å². The number of carbonyl (C=O) groups is 1. The van der Waals surface area contributed by atoms with Crippen LogP contribution in [0.1, 0.15) is 12.8 Å². The van der Waals surface area contributed by atoms with Crippen molar-refractivity contribution in [2.45, 2.75) is 25.0 Å². The SMILES string of the molecule is [N-]=[N+]=N[C@@H](C1CC1)[C@H](O)C(=O)O. The Bertz CT molecular complexity index is 232. The highest BCUT2D eigenvalue weighted by molar-refractivity contribution is 5.73. The van der Waals surface area contributed by atoms with E-state index in [-0.39, 0.29) is 5.92 Å². The van der Waals surface area contributed by atoms with E-state index in [1.54, 1.807) is 0 Å². The van der Waals surface area contributed by atoms with Crippen molar-refractivity contribution >= 4 is 5.97 Å². The van der Waals surface area contributed by atoms with Crippen molar-refractivity contribution in [1.29, 1.82) is 0 Å². The van der Waals surface area contributed by atoms with Crippen LogP contribution in [0.2, 0.25) is 0 Å². The van der Waals surface area contributed by atoms with E-state index in [1.807, 2.05) is 0 Å². The van der Waals surface area contributed by atoms with Gasteiger partial charge < -0.3 is 10.2 Å². The van der Waals surface area contributed by atoms with E-state index in [1.165, 1.54) is 0 Å². The second kappa shape index (κ2) is 3.42. The van der Waals surface area contributed by atoms with Crippen molar-refractivity contribution in [2.75, 3.05) is 0 Å². The number of azide groups is 1. The lowest BCUT2D eigenvalue weighted by atomic mass is 10.1. The molecule has 2 atom stereocenters. The smallest absolute Gasteiger partial charge is 0.332 e. The number of hydrogen-bond acceptors (Lipinski definition) is 3. The minimum atomic E-state index is -1.56. The normalized spacial score (nSPS) is 20.8. The maximum Gasteiger partial charge on any atom is 0.332 e. The molecule has 1 aliphatic rings. The second-order valence-corrected chi connectivity index (χ2v) is 2.82. The molecule has 0 bridgehead atoms. The van der Waals surface area contributed by atoms with E-state index in [0.29, 0.717) is 0 Å². The van der Waals surface area contributed by atoms with Crippen molar-refractivity contribution in [3.05, 3.63) is 10.4 Å². The van der Waals surface area contributed by atoms with Crippen LogP contribution in [0.5, 0.6) is 0 Å². The molecule has 1 fully saturated rings. The molecule has 0 amide bonds. The minimum Gasteiger partial charge on any atom is -0.479 e. The van der Waals surface area contributed by atoms with Crippen LogP contribution in [0, 0.1) is 5.92 Å². The molecule has 0 aromatic heterocycles. The minimum absolute atomic E-state index is 0.0481. The molecule has 0 aliphatic heterocycles. The number of carboxylic acid groups (broad SMARTS) is 1. The topological polar surface area (TPSA) is 106 Å². The van der Waals surface area contributed by atoms with Crippen LogP contribution in [-0.2, 0) is 4.79 Å². The first-order valence-corrected chi connectivity index (χ1v) is 3.62. The fourth-order valence-electron chi connectivity index (χ4n) is 1.06. The third-order valence-electron chi connectivity index (χ3n) is 1.87. The summed E-state index contributed by atoms with van der Waals surface area (Å²) in [5.74, 6) is -1.29. The van der Waals surface area contributed by atoms with Gasteiger partial charge in [-0.3, -0.25) is 0 Å². The zero-order valence-corrected chi connectivity index (χ0v) is 6.29. The molecule has 0 heterocycles. The van der Waals surface area contributed by atoms with Crippen molar-refractivity contribution in [1.82, 2.24) is 0 Å². The van der Waals surface area contributed by atoms with Gasteiger partial charge in [0.1, 0.15) is 0 Å². The summed E-state index contributed by atoms with van der Waals surface area (Å²) >= 11 is 0. The number of nitrogens with zero attached hydrogens (tertiary/aromatic N) is 3. The lowest BCUT2D eigenvalue weighted by Crippen LogP contribution is -2.33. The van der Waals surface area contributed by atoms with Crippen LogP contribution in [0.3, 0.4) is 0 Å². The summed E-state index contributed by atoms with van der Waals surface area (Å²) in [5, 5.41) is 20.7. The summed E-state index contributed by atoms with van der Waals surface area (Å²) in [6, 6.07) is -0.799. The third-order valence-corrected chi connectivity index (χ3v) is 1.87. The highest BCUT2D eigenvalue weighted by atomic mass is 16.4. The fourth-order valence-corrected chi connectivity index (χ4v) is 1.06. The van der Waals surface area contributed by atoms with Crippen LogP contribution in [-0.4, -0.2) is 28.3 Å². The van der Waals surface area contributed by atoms with Gasteiger partial charge in [-0.15, -0.1) is 0 Å². The average molecular weight is 171 g/mol. The first kappa shape index (κ1) is 8.83. The summed E-state index contributed by atoms with van der Waals surface area (Å²) in [7, 11) is 0. The average Bonchev–Trinajstić information content (AvgIpc) is 2.81. The lowest BCUT2D eigenvalue weighted by molar-refractivity contribution is -0.147. The highest BCUT2D eigenvalue weighted by Crippen LogP contribution is 2.36. The summed E-state index contributed by atoms with van der Waals surface area (Å²) in [6.07, 6.45) is 0.0931. The Balaban J connectivity index is 2.63. The Kier molecular flexibility index (Phi) is 2.52. The van der Waals surface area contributed by atoms with Crippen LogP contribution in [0.15, 0.2) is 5.11 Å². The van der Waals surface area contributed by atoms with Gasteiger partial charge >= 0.3 is 5.97 Å². The number of aliphatic hydroxyl groups is 1. The molecular formula is C6H9N3O3. The van der Waals surface area contributed by atoms with Crippen LogP contribution in [0.4, 0.5) is 0 Å². The monoisotopic (exact) mass is 171 g/mol. The van der Waals surface area contributed by atoms with Crippen LogP contribution >= 0.6 is 0 Å². The molecule has 0 radical (unpaired) electrons. The molecule has 6 nitrogen and oxygen atoms in total. The van der Waals surface area contributed by atoms with Gasteiger partial charge in [-0.1, -0.05) is 5.11 Å². The number of aliphatic carboxylic acids is 1. The van der Waals surface area contributed by atoms with E-state index < -0.39 is 18.1 Å². The number of aliphatic hydroxyl groups excluding tert-OH is 1. The third kappa shape index (κ3) is 1.87. The van der Waals surface area contributed by atoms with E-state index in [2.05, 4.69) is 10.0 Å². The van der Waals surface area contributed by atoms with Gasteiger partial charge in [0.2, 0.25) is 0 Å². The molecule has 1 saturated carbocycles. The number of carboxylic acids is 1. The van der Waals surface area contributed by atoms with Crippen LogP contribution in [0.25, 0.3) is 10.4 Å². The van der Waals surface area contributed by atoms with Crippen molar-refractivity contribution in [3.63, 3.8) is 0 Å². The van der Waals surface area contributed by atoms with Gasteiger partial charge in [-0.05, 0) is 24.3 Å². The van der Waals surface area contributed by atoms with Gasteiger partial charge in [-0.2, -0.15) is 0 Å². The van der Waals surface area contributed by atoms with Gasteiger partial charge in [-0.25, -0.2) is 4.79 Å². The fraction of sp³-hybridized carbons (Fsp3) is 0.833. The lowest BCUT2D eigenvalue weighted by Gasteiger charge is -2.12. The van der Waals surface area contributed by atoms with Crippen molar-refractivity contribution < 1.29 is 15.0 Å². The van der Waals surface area contributed by atoms with Gasteiger partial charge in [0.05, 0.1) is 6.04 Å². The Morgan fingerprint density at radius 1 is 1.67 bits per heavy atom. The Morgan fingerprint density at radius 3 is 2.58 bits per heavy atom. The molecule has 66 valence electrons. The Morgan fingerprint density at radius 2 is 2.25 bits per heavy atom. The molecule has 0 spiro atoms. The van der Waals surface area contributed by atoms with Crippen LogP contribution < -0.4 is 0 Å². The molecular weight excluding hydrogens is 162 g/mol. The molecule has 2 N–H and O–H groups in total. The van der Waals surface area contributed by atoms with E-state index in [4.69, 9.17) is 15.7 Å². The molecule has 6 heteroatoms. The second-order valence-electron chi connectivity index (χ2n) is 2.82. The molecule has 0 aromatic rings.